The number of methoxy groups -OCH3 is 2. The van der Waals surface area contributed by atoms with E-state index in [2.05, 4.69) is 0 Å². The normalized spacial score (nSPS) is 13.1. The van der Waals surface area contributed by atoms with Crippen molar-refractivity contribution in [3.8, 4) is 5.75 Å². The highest BCUT2D eigenvalue weighted by atomic mass is 19.1. The molecule has 2 aromatic rings. The van der Waals surface area contributed by atoms with Crippen LogP contribution >= 0.6 is 0 Å². The van der Waals surface area contributed by atoms with Crippen LogP contribution in [-0.2, 0) is 25.7 Å². The van der Waals surface area contributed by atoms with Crippen LogP contribution in [0, 0.1) is 5.82 Å². The second-order valence-corrected chi connectivity index (χ2v) is 6.19. The number of carbonyl (C=O) groups is 2. The Kier molecular flexibility index (Phi) is 6.64. The van der Waals surface area contributed by atoms with Crippen molar-refractivity contribution >= 4 is 17.6 Å². The van der Waals surface area contributed by atoms with Crippen molar-refractivity contribution in [3.63, 3.8) is 0 Å². The predicted octanol–water partition coefficient (Wildman–Crippen LogP) is 3.89. The summed E-state index contributed by atoms with van der Waals surface area (Å²) < 4.78 is 29.2. The molecule has 0 radical (unpaired) electrons. The highest BCUT2D eigenvalue weighted by molar-refractivity contribution is 6.05. The summed E-state index contributed by atoms with van der Waals surface area (Å²) in [6.45, 7) is 0.0423. The van der Waals surface area contributed by atoms with E-state index < -0.39 is 11.9 Å². The van der Waals surface area contributed by atoms with Gasteiger partial charge >= 0.3 is 11.9 Å². The van der Waals surface area contributed by atoms with E-state index in [1.165, 1.54) is 31.3 Å². The lowest BCUT2D eigenvalue weighted by atomic mass is 10.1. The van der Waals surface area contributed by atoms with Gasteiger partial charge in [-0.15, -0.1) is 0 Å². The van der Waals surface area contributed by atoms with Gasteiger partial charge in [-0.1, -0.05) is 30.3 Å². The second-order valence-electron chi connectivity index (χ2n) is 6.19. The Hall–Kier alpha value is -3.87. The van der Waals surface area contributed by atoms with Gasteiger partial charge in [0.1, 0.15) is 23.9 Å². The van der Waals surface area contributed by atoms with Crippen LogP contribution in [0.1, 0.15) is 5.56 Å². The maximum atomic E-state index is 13.8. The van der Waals surface area contributed by atoms with Crippen molar-refractivity contribution in [2.45, 2.75) is 6.61 Å². The molecule has 0 fully saturated rings. The molecule has 0 unspecified atom stereocenters. The molecule has 0 saturated heterocycles. The number of esters is 2. The molecule has 154 valence electrons. The largest absolute Gasteiger partial charge is 0.489 e. The Morgan fingerprint density at radius 1 is 0.967 bits per heavy atom. The number of hydrogen-bond acceptors (Lipinski definition) is 6. The molecule has 0 bridgehead atoms. The molecule has 7 heteroatoms. The average Bonchev–Trinajstić information content (AvgIpc) is 3.01. The SMILES string of the molecule is COC(=O)C1=C(C(=O)OC)N(c2cccc(OCc3ccccc3F)c2)C=CC=C1. The summed E-state index contributed by atoms with van der Waals surface area (Å²) in [6, 6.07) is 13.2. The first-order valence-corrected chi connectivity index (χ1v) is 9.06. The molecule has 6 nitrogen and oxygen atoms in total. The third-order valence-electron chi connectivity index (χ3n) is 4.34. The summed E-state index contributed by atoms with van der Waals surface area (Å²) in [6.07, 6.45) is 6.39. The van der Waals surface area contributed by atoms with Gasteiger partial charge in [0.15, 0.2) is 0 Å². The van der Waals surface area contributed by atoms with E-state index in [1.54, 1.807) is 60.8 Å². The third kappa shape index (κ3) is 4.57. The van der Waals surface area contributed by atoms with Gasteiger partial charge in [-0.2, -0.15) is 0 Å². The lowest BCUT2D eigenvalue weighted by Crippen LogP contribution is -2.26. The van der Waals surface area contributed by atoms with Gasteiger partial charge in [0.2, 0.25) is 0 Å². The van der Waals surface area contributed by atoms with Crippen molar-refractivity contribution in [2.24, 2.45) is 0 Å². The first-order chi connectivity index (χ1) is 14.5. The van der Waals surface area contributed by atoms with Gasteiger partial charge in [0.05, 0.1) is 19.8 Å². The van der Waals surface area contributed by atoms with E-state index in [9.17, 15) is 14.0 Å². The van der Waals surface area contributed by atoms with Crippen molar-refractivity contribution in [1.29, 1.82) is 0 Å². The smallest absolute Gasteiger partial charge is 0.355 e. The minimum atomic E-state index is -0.704. The molecular formula is C23H20FNO5. The third-order valence-corrected chi connectivity index (χ3v) is 4.34. The van der Waals surface area contributed by atoms with Crippen LogP contribution in [-0.4, -0.2) is 26.2 Å². The molecule has 3 rings (SSSR count). The first kappa shape index (κ1) is 20.9. The second kappa shape index (κ2) is 9.56. The number of anilines is 1. The molecule has 0 spiro atoms. The Morgan fingerprint density at radius 2 is 1.73 bits per heavy atom. The molecule has 1 aliphatic rings. The molecule has 0 N–H and O–H groups in total. The number of hydrogen-bond donors (Lipinski definition) is 0. The number of benzene rings is 2. The topological polar surface area (TPSA) is 65.1 Å². The minimum Gasteiger partial charge on any atom is -0.489 e. The Bertz CT molecular complexity index is 1040. The Balaban J connectivity index is 1.95. The number of allylic oxidation sites excluding steroid dienone is 2. The summed E-state index contributed by atoms with van der Waals surface area (Å²) in [5, 5.41) is 0. The molecule has 0 amide bonds. The highest BCUT2D eigenvalue weighted by Crippen LogP contribution is 2.29. The molecule has 0 aromatic heterocycles. The summed E-state index contributed by atoms with van der Waals surface area (Å²) in [5.74, 6) is -1.27. The fourth-order valence-corrected chi connectivity index (χ4v) is 2.87. The standard InChI is InChI=1S/C23H20FNO5/c1-28-22(26)19-11-5-6-13-25(21(19)23(27)29-2)17-9-7-10-18(14-17)30-15-16-8-3-4-12-20(16)24/h3-14H,15H2,1-2H3. The van der Waals surface area contributed by atoms with Gasteiger partial charge in [-0.3, -0.25) is 0 Å². The van der Waals surface area contributed by atoms with Gasteiger partial charge in [-0.25, -0.2) is 14.0 Å². The number of nitrogens with zero attached hydrogens (tertiary/aromatic N) is 1. The van der Waals surface area contributed by atoms with Crippen LogP contribution < -0.4 is 9.64 Å². The summed E-state index contributed by atoms with van der Waals surface area (Å²) >= 11 is 0. The first-order valence-electron chi connectivity index (χ1n) is 9.06. The number of rotatable bonds is 6. The fraction of sp³-hybridized carbons (Fsp3) is 0.130. The molecule has 2 aromatic carbocycles. The minimum absolute atomic E-state index is 0.000559. The molecule has 0 aliphatic carbocycles. The molecular weight excluding hydrogens is 389 g/mol. The molecule has 0 saturated carbocycles. The van der Waals surface area contributed by atoms with E-state index in [0.717, 1.165) is 0 Å². The van der Waals surface area contributed by atoms with Gasteiger partial charge in [0, 0.05) is 23.5 Å². The lowest BCUT2D eigenvalue weighted by Gasteiger charge is -2.23. The van der Waals surface area contributed by atoms with Crippen LogP contribution in [0.4, 0.5) is 10.1 Å². The average molecular weight is 409 g/mol. The monoisotopic (exact) mass is 409 g/mol. The van der Waals surface area contributed by atoms with Crippen molar-refractivity contribution < 1.29 is 28.2 Å². The summed E-state index contributed by atoms with van der Waals surface area (Å²) in [4.78, 5) is 26.2. The zero-order valence-electron chi connectivity index (χ0n) is 16.5. The van der Waals surface area contributed by atoms with Crippen LogP contribution in [0.25, 0.3) is 0 Å². The van der Waals surface area contributed by atoms with Gasteiger partial charge < -0.3 is 19.1 Å². The molecule has 0 atom stereocenters. The lowest BCUT2D eigenvalue weighted by molar-refractivity contribution is -0.139. The molecule has 30 heavy (non-hydrogen) atoms. The van der Waals surface area contributed by atoms with Crippen LogP contribution in [0.3, 0.4) is 0 Å². The van der Waals surface area contributed by atoms with Crippen LogP contribution in [0.2, 0.25) is 0 Å². The highest BCUT2D eigenvalue weighted by Gasteiger charge is 2.27. The number of halogens is 1. The van der Waals surface area contributed by atoms with E-state index in [1.807, 2.05) is 0 Å². The van der Waals surface area contributed by atoms with Crippen molar-refractivity contribution in [3.05, 3.63) is 95.6 Å². The fourth-order valence-electron chi connectivity index (χ4n) is 2.87. The Morgan fingerprint density at radius 3 is 2.47 bits per heavy atom. The van der Waals surface area contributed by atoms with Gasteiger partial charge in [0.25, 0.3) is 0 Å². The van der Waals surface area contributed by atoms with Crippen molar-refractivity contribution in [1.82, 2.24) is 0 Å². The van der Waals surface area contributed by atoms with E-state index >= 15 is 0 Å². The maximum absolute atomic E-state index is 13.8. The summed E-state index contributed by atoms with van der Waals surface area (Å²) in [5.41, 5.74) is 1.01. The van der Waals surface area contributed by atoms with E-state index in [4.69, 9.17) is 14.2 Å². The van der Waals surface area contributed by atoms with Crippen LogP contribution in [0.15, 0.2) is 84.2 Å². The Labute approximate surface area is 173 Å². The maximum Gasteiger partial charge on any atom is 0.355 e. The zero-order valence-corrected chi connectivity index (χ0v) is 16.5. The zero-order chi connectivity index (χ0) is 21.5. The van der Waals surface area contributed by atoms with Crippen molar-refractivity contribution in [2.75, 3.05) is 19.1 Å². The van der Waals surface area contributed by atoms with E-state index in [-0.39, 0.29) is 23.7 Å². The number of ether oxygens (including phenoxy) is 3. The van der Waals surface area contributed by atoms with E-state index in [0.29, 0.717) is 17.0 Å². The summed E-state index contributed by atoms with van der Waals surface area (Å²) in [7, 11) is 2.46. The predicted molar refractivity (Wildman–Crippen MR) is 109 cm³/mol. The number of carbonyl (C=O) groups excluding carboxylic acids is 2. The quantitative estimate of drug-likeness (QED) is 0.675. The molecule has 1 heterocycles. The molecule has 1 aliphatic heterocycles. The van der Waals surface area contributed by atoms with Gasteiger partial charge in [-0.05, 0) is 30.4 Å². The van der Waals surface area contributed by atoms with Crippen LogP contribution in [0.5, 0.6) is 5.75 Å².